The zero-order chi connectivity index (χ0) is 29.3. The number of aryl methyl sites for hydroxylation is 1. The predicted octanol–water partition coefficient (Wildman–Crippen LogP) is 4.57. The molecule has 40 heavy (non-hydrogen) atoms. The molecule has 1 atom stereocenters. The molecule has 3 aromatic carbocycles. The van der Waals surface area contributed by atoms with Crippen LogP contribution in [0.4, 0.5) is 5.69 Å². The molecule has 2 amide bonds. The largest absolute Gasteiger partial charge is 0.492 e. The summed E-state index contributed by atoms with van der Waals surface area (Å²) in [4.78, 5) is 28.5. The Morgan fingerprint density at radius 2 is 1.52 bits per heavy atom. The molecule has 1 N–H and O–H groups in total. The zero-order valence-electron chi connectivity index (χ0n) is 23.8. The van der Waals surface area contributed by atoms with Gasteiger partial charge in [-0.15, -0.1) is 0 Å². The SMILES string of the molecule is CCOc1ccccc1N(CC(=O)N(CCc1ccccc1)C(C)C(=O)NC(C)C)S(=O)(=O)c1ccc(C)cc1. The van der Waals surface area contributed by atoms with E-state index in [4.69, 9.17) is 4.74 Å². The summed E-state index contributed by atoms with van der Waals surface area (Å²) in [6.45, 7) is 9.09. The Balaban J connectivity index is 2.03. The fraction of sp³-hybridized carbons (Fsp3) is 0.355. The Bertz CT molecular complexity index is 1380. The minimum atomic E-state index is -4.17. The van der Waals surface area contributed by atoms with Crippen molar-refractivity contribution in [2.24, 2.45) is 0 Å². The van der Waals surface area contributed by atoms with Gasteiger partial charge in [-0.1, -0.05) is 60.2 Å². The van der Waals surface area contributed by atoms with E-state index in [9.17, 15) is 18.0 Å². The summed E-state index contributed by atoms with van der Waals surface area (Å²) in [6.07, 6.45) is 0.506. The number of carbonyl (C=O) groups is 2. The highest BCUT2D eigenvalue weighted by atomic mass is 32.2. The topological polar surface area (TPSA) is 96.0 Å². The van der Waals surface area contributed by atoms with Gasteiger partial charge < -0.3 is 15.0 Å². The number of anilines is 1. The number of nitrogens with one attached hydrogen (secondary N) is 1. The van der Waals surface area contributed by atoms with Crippen molar-refractivity contribution < 1.29 is 22.7 Å². The summed E-state index contributed by atoms with van der Waals surface area (Å²) in [5.74, 6) is -0.460. The van der Waals surface area contributed by atoms with Gasteiger partial charge in [0.15, 0.2) is 0 Å². The summed E-state index contributed by atoms with van der Waals surface area (Å²) < 4.78 is 34.8. The second-order valence-corrected chi connectivity index (χ2v) is 11.7. The highest BCUT2D eigenvalue weighted by molar-refractivity contribution is 7.92. The number of hydrogen-bond donors (Lipinski definition) is 1. The van der Waals surface area contributed by atoms with Crippen molar-refractivity contribution in [3.63, 3.8) is 0 Å². The third-order valence-electron chi connectivity index (χ3n) is 6.40. The van der Waals surface area contributed by atoms with Crippen molar-refractivity contribution in [1.82, 2.24) is 10.2 Å². The van der Waals surface area contributed by atoms with Crippen molar-refractivity contribution in [3.05, 3.63) is 90.0 Å². The van der Waals surface area contributed by atoms with Crippen molar-refractivity contribution in [1.29, 1.82) is 0 Å². The molecular weight excluding hydrogens is 526 g/mol. The lowest BCUT2D eigenvalue weighted by Crippen LogP contribution is -2.53. The molecule has 0 saturated heterocycles. The predicted molar refractivity (Wildman–Crippen MR) is 158 cm³/mol. The highest BCUT2D eigenvalue weighted by Gasteiger charge is 2.33. The van der Waals surface area contributed by atoms with E-state index in [-0.39, 0.29) is 29.1 Å². The molecule has 0 saturated carbocycles. The highest BCUT2D eigenvalue weighted by Crippen LogP contribution is 2.33. The van der Waals surface area contributed by atoms with Crippen molar-refractivity contribution in [2.75, 3.05) is 24.0 Å². The molecule has 214 valence electrons. The summed E-state index contributed by atoms with van der Waals surface area (Å²) >= 11 is 0. The lowest BCUT2D eigenvalue weighted by Gasteiger charge is -2.32. The average Bonchev–Trinajstić information content (AvgIpc) is 2.92. The van der Waals surface area contributed by atoms with Crippen LogP contribution in [0.2, 0.25) is 0 Å². The minimum Gasteiger partial charge on any atom is -0.492 e. The fourth-order valence-electron chi connectivity index (χ4n) is 4.27. The molecule has 0 aliphatic carbocycles. The van der Waals surface area contributed by atoms with Crippen molar-refractivity contribution in [2.45, 2.75) is 58.0 Å². The number of sulfonamides is 1. The molecule has 0 aromatic heterocycles. The van der Waals surface area contributed by atoms with Crippen LogP contribution in [0.25, 0.3) is 0 Å². The number of nitrogens with zero attached hydrogens (tertiary/aromatic N) is 2. The van der Waals surface area contributed by atoms with Gasteiger partial charge >= 0.3 is 0 Å². The Kier molecular flexibility index (Phi) is 10.7. The van der Waals surface area contributed by atoms with Gasteiger partial charge in [0.05, 0.1) is 17.2 Å². The minimum absolute atomic E-state index is 0.0543. The summed E-state index contributed by atoms with van der Waals surface area (Å²) in [6, 6.07) is 21.9. The summed E-state index contributed by atoms with van der Waals surface area (Å²) in [5.41, 5.74) is 2.16. The standard InChI is InChI=1S/C31H39N3O5S/c1-6-39-29-15-11-10-14-28(29)34(40(37,38)27-18-16-24(4)17-19-27)22-30(35)33(25(5)31(36)32-23(2)3)21-20-26-12-8-7-9-13-26/h7-19,23,25H,6,20-22H2,1-5H3,(H,32,36). The first kappa shape index (κ1) is 30.7. The number of amides is 2. The molecule has 3 rings (SSSR count). The smallest absolute Gasteiger partial charge is 0.264 e. The molecule has 3 aromatic rings. The number of rotatable bonds is 13. The average molecular weight is 566 g/mol. The lowest BCUT2D eigenvalue weighted by atomic mass is 10.1. The number of carbonyl (C=O) groups excluding carboxylic acids is 2. The molecule has 9 heteroatoms. The van der Waals surface area contributed by atoms with Crippen LogP contribution in [0.1, 0.15) is 38.8 Å². The van der Waals surface area contributed by atoms with E-state index in [1.54, 1.807) is 50.2 Å². The van der Waals surface area contributed by atoms with Gasteiger partial charge in [-0.05, 0) is 70.9 Å². The van der Waals surface area contributed by atoms with Gasteiger partial charge in [-0.2, -0.15) is 0 Å². The molecule has 0 fully saturated rings. The maximum absolute atomic E-state index is 14.0. The molecule has 0 aliphatic heterocycles. The van der Waals surface area contributed by atoms with Gasteiger partial charge in [0, 0.05) is 12.6 Å². The molecule has 0 bridgehead atoms. The molecule has 0 aliphatic rings. The van der Waals surface area contributed by atoms with E-state index in [2.05, 4.69) is 5.32 Å². The van der Waals surface area contributed by atoms with Crippen LogP contribution in [0.3, 0.4) is 0 Å². The quantitative estimate of drug-likeness (QED) is 0.328. The van der Waals surface area contributed by atoms with Crippen molar-refractivity contribution >= 4 is 27.5 Å². The summed E-state index contributed by atoms with van der Waals surface area (Å²) in [5, 5.41) is 2.86. The van der Waals surface area contributed by atoms with Crippen LogP contribution < -0.4 is 14.4 Å². The van der Waals surface area contributed by atoms with E-state index in [0.29, 0.717) is 18.8 Å². The monoisotopic (exact) mass is 565 g/mol. The third-order valence-corrected chi connectivity index (χ3v) is 8.18. The molecule has 0 spiro atoms. The van der Waals surface area contributed by atoms with Crippen LogP contribution in [0, 0.1) is 6.92 Å². The molecule has 0 radical (unpaired) electrons. The Morgan fingerprint density at radius 1 is 0.900 bits per heavy atom. The van der Waals surface area contributed by atoms with Crippen LogP contribution in [-0.2, 0) is 26.0 Å². The van der Waals surface area contributed by atoms with Gasteiger partial charge in [0.1, 0.15) is 18.3 Å². The Morgan fingerprint density at radius 3 is 2.15 bits per heavy atom. The van der Waals surface area contributed by atoms with E-state index in [0.717, 1.165) is 15.4 Å². The molecule has 8 nitrogen and oxygen atoms in total. The van der Waals surface area contributed by atoms with Crippen LogP contribution in [-0.4, -0.2) is 56.9 Å². The molecular formula is C31H39N3O5S. The fourth-order valence-corrected chi connectivity index (χ4v) is 5.69. The number of ether oxygens (including phenoxy) is 1. The molecule has 0 heterocycles. The first-order valence-corrected chi connectivity index (χ1v) is 14.9. The zero-order valence-corrected chi connectivity index (χ0v) is 24.6. The van der Waals surface area contributed by atoms with Crippen LogP contribution >= 0.6 is 0 Å². The third kappa shape index (κ3) is 7.85. The normalized spacial score (nSPS) is 12.1. The van der Waals surface area contributed by atoms with E-state index < -0.39 is 28.5 Å². The first-order valence-electron chi connectivity index (χ1n) is 13.5. The lowest BCUT2D eigenvalue weighted by molar-refractivity contribution is -0.139. The van der Waals surface area contributed by atoms with E-state index >= 15 is 0 Å². The summed E-state index contributed by atoms with van der Waals surface area (Å²) in [7, 11) is -4.17. The second kappa shape index (κ2) is 14.0. The Labute approximate surface area is 238 Å². The van der Waals surface area contributed by atoms with Gasteiger partial charge in [0.25, 0.3) is 10.0 Å². The van der Waals surface area contributed by atoms with Crippen LogP contribution in [0.15, 0.2) is 83.8 Å². The van der Waals surface area contributed by atoms with Gasteiger partial charge in [-0.25, -0.2) is 8.42 Å². The van der Waals surface area contributed by atoms with Gasteiger partial charge in [-0.3, -0.25) is 13.9 Å². The second-order valence-electron chi connectivity index (χ2n) is 9.89. The Hall–Kier alpha value is -3.85. The van der Waals surface area contributed by atoms with Gasteiger partial charge in [0.2, 0.25) is 11.8 Å². The van der Waals surface area contributed by atoms with Crippen LogP contribution in [0.5, 0.6) is 5.75 Å². The van der Waals surface area contributed by atoms with E-state index in [1.165, 1.54) is 17.0 Å². The maximum atomic E-state index is 14.0. The maximum Gasteiger partial charge on any atom is 0.264 e. The van der Waals surface area contributed by atoms with E-state index in [1.807, 2.05) is 51.1 Å². The molecule has 1 unspecified atom stereocenters. The number of benzene rings is 3. The first-order chi connectivity index (χ1) is 19.0. The van der Waals surface area contributed by atoms with Crippen molar-refractivity contribution in [3.8, 4) is 5.75 Å². The number of para-hydroxylation sites is 2. The number of hydrogen-bond acceptors (Lipinski definition) is 5.